The summed E-state index contributed by atoms with van der Waals surface area (Å²) < 4.78 is 23.6. The smallest absolute Gasteiger partial charge is 0.251 e. The van der Waals surface area contributed by atoms with Crippen LogP contribution in [0.3, 0.4) is 0 Å². The summed E-state index contributed by atoms with van der Waals surface area (Å²) in [5.74, 6) is 0.132. The number of aliphatic hydroxyl groups is 2. The van der Waals surface area contributed by atoms with Crippen molar-refractivity contribution in [1.29, 1.82) is 0 Å². The minimum atomic E-state index is -1.06. The van der Waals surface area contributed by atoms with Crippen LogP contribution in [0.1, 0.15) is 10.4 Å². The largest absolute Gasteiger partial charge is 0.461 e. The van der Waals surface area contributed by atoms with Crippen molar-refractivity contribution in [1.82, 2.24) is 39.6 Å². The molecule has 5 aromatic rings. The number of carbonyl (C=O) groups excluding carboxylic acids is 1. The molecule has 1 amide bonds. The Labute approximate surface area is 232 Å². The third-order valence-electron chi connectivity index (χ3n) is 7.10. The van der Waals surface area contributed by atoms with Crippen LogP contribution in [0.5, 0.6) is 0 Å². The van der Waals surface area contributed by atoms with E-state index in [9.17, 15) is 14.3 Å². The van der Waals surface area contributed by atoms with Crippen molar-refractivity contribution in [3.63, 3.8) is 0 Å². The fourth-order valence-electron chi connectivity index (χ4n) is 4.86. The maximum Gasteiger partial charge on any atom is 0.251 e. The number of piperazine rings is 1. The number of rotatable bonds is 9. The fourth-order valence-corrected chi connectivity index (χ4v) is 4.86. The Kier molecular flexibility index (Phi) is 7.21. The van der Waals surface area contributed by atoms with Crippen LogP contribution < -0.4 is 16.0 Å². The molecule has 14 nitrogen and oxygen atoms in total. The highest BCUT2D eigenvalue weighted by Gasteiger charge is 2.22. The molecule has 4 aromatic heterocycles. The highest BCUT2D eigenvalue weighted by molar-refractivity contribution is 5.94. The molecule has 1 fully saturated rings. The van der Waals surface area contributed by atoms with Gasteiger partial charge in [0.05, 0.1) is 42.8 Å². The Morgan fingerprint density at radius 3 is 2.71 bits per heavy atom. The molecule has 1 aliphatic rings. The zero-order valence-electron chi connectivity index (χ0n) is 22.0. The molecule has 214 valence electrons. The van der Waals surface area contributed by atoms with Gasteiger partial charge in [0.1, 0.15) is 5.82 Å². The van der Waals surface area contributed by atoms with Crippen molar-refractivity contribution < 1.29 is 23.8 Å². The van der Waals surface area contributed by atoms with Gasteiger partial charge in [-0.15, -0.1) is 5.10 Å². The number of amides is 1. The van der Waals surface area contributed by atoms with Crippen molar-refractivity contribution in [3.8, 4) is 11.6 Å². The van der Waals surface area contributed by atoms with Crippen molar-refractivity contribution >= 4 is 34.2 Å². The van der Waals surface area contributed by atoms with Gasteiger partial charge in [-0.25, -0.2) is 14.1 Å². The second-order valence-corrected chi connectivity index (χ2v) is 9.76. The van der Waals surface area contributed by atoms with Gasteiger partial charge in [0.15, 0.2) is 17.1 Å². The number of furan rings is 1. The molecular weight excluding hydrogens is 535 g/mol. The predicted molar refractivity (Wildman–Crippen MR) is 147 cm³/mol. The molecule has 5 heterocycles. The number of nitrogens with two attached hydrogens (primary N) is 1. The van der Waals surface area contributed by atoms with E-state index in [2.05, 4.69) is 30.4 Å². The Hall–Kier alpha value is -4.60. The van der Waals surface area contributed by atoms with E-state index in [1.54, 1.807) is 41.4 Å². The Bertz CT molecular complexity index is 1680. The minimum absolute atomic E-state index is 0.115. The lowest BCUT2D eigenvalue weighted by Crippen LogP contribution is -2.47. The molecule has 15 heteroatoms. The Morgan fingerprint density at radius 1 is 1.15 bits per heavy atom. The fraction of sp³-hybridized carbons (Fsp3) is 0.346. The number of nitrogen functional groups attached to an aromatic ring is 1. The van der Waals surface area contributed by atoms with Gasteiger partial charge in [-0.3, -0.25) is 9.69 Å². The lowest BCUT2D eigenvalue weighted by molar-refractivity contribution is 0.0801. The van der Waals surface area contributed by atoms with Crippen LogP contribution >= 0.6 is 0 Å². The molecule has 0 spiro atoms. The van der Waals surface area contributed by atoms with Gasteiger partial charge in [-0.2, -0.15) is 14.6 Å². The second kappa shape index (κ2) is 11.1. The average molecular weight is 565 g/mol. The maximum absolute atomic E-state index is 14.9. The first-order valence-corrected chi connectivity index (χ1v) is 13.2. The molecular formula is C26H29FN10O4. The third kappa shape index (κ3) is 5.29. The monoisotopic (exact) mass is 564 g/mol. The average Bonchev–Trinajstić information content (AvgIpc) is 3.75. The van der Waals surface area contributed by atoms with Gasteiger partial charge >= 0.3 is 0 Å². The summed E-state index contributed by atoms with van der Waals surface area (Å²) >= 11 is 0. The van der Waals surface area contributed by atoms with Crippen LogP contribution in [-0.4, -0.2) is 102 Å². The SMILES string of the molecule is Nc1nc2c(cnn2CCN2CCN(c3ccc(C(=O)NCC(O)CO)cc3F)CC2)c2nc(-c3ccco3)nn12. The molecule has 1 aliphatic heterocycles. The summed E-state index contributed by atoms with van der Waals surface area (Å²) in [6.45, 7) is 3.38. The van der Waals surface area contributed by atoms with E-state index in [4.69, 9.17) is 15.3 Å². The Morgan fingerprint density at radius 2 is 1.98 bits per heavy atom. The third-order valence-corrected chi connectivity index (χ3v) is 7.10. The molecule has 1 saturated heterocycles. The van der Waals surface area contributed by atoms with E-state index < -0.39 is 24.4 Å². The summed E-state index contributed by atoms with van der Waals surface area (Å²) in [6, 6.07) is 7.87. The quantitative estimate of drug-likeness (QED) is 0.194. The highest BCUT2D eigenvalue weighted by atomic mass is 19.1. The molecule has 41 heavy (non-hydrogen) atoms. The number of nitrogens with one attached hydrogen (secondary N) is 1. The Balaban J connectivity index is 1.07. The van der Waals surface area contributed by atoms with Gasteiger partial charge in [0.25, 0.3) is 5.91 Å². The maximum atomic E-state index is 14.9. The van der Waals surface area contributed by atoms with Crippen molar-refractivity contribution in [3.05, 3.63) is 54.2 Å². The van der Waals surface area contributed by atoms with Crippen LogP contribution in [-0.2, 0) is 6.54 Å². The van der Waals surface area contributed by atoms with Crippen molar-refractivity contribution in [2.45, 2.75) is 12.6 Å². The highest BCUT2D eigenvalue weighted by Crippen LogP contribution is 2.24. The summed E-state index contributed by atoms with van der Waals surface area (Å²) in [4.78, 5) is 25.5. The van der Waals surface area contributed by atoms with E-state index in [-0.39, 0.29) is 18.1 Å². The number of benzene rings is 1. The molecule has 6 rings (SSSR count). The van der Waals surface area contributed by atoms with E-state index in [0.717, 1.165) is 18.5 Å². The molecule has 1 unspecified atom stereocenters. The lowest BCUT2D eigenvalue weighted by atomic mass is 10.1. The van der Waals surface area contributed by atoms with Gasteiger partial charge in [-0.1, -0.05) is 0 Å². The molecule has 0 aliphatic carbocycles. The number of aliphatic hydroxyl groups excluding tert-OH is 2. The predicted octanol–water partition coefficient (Wildman–Crippen LogP) is 0.361. The summed E-state index contributed by atoms with van der Waals surface area (Å²) in [6.07, 6.45) is 2.20. The first kappa shape index (κ1) is 26.6. The van der Waals surface area contributed by atoms with Crippen molar-refractivity contribution in [2.24, 2.45) is 0 Å². The molecule has 0 saturated carbocycles. The topological polar surface area (TPSA) is 176 Å². The first-order valence-electron chi connectivity index (χ1n) is 13.2. The van der Waals surface area contributed by atoms with Gasteiger partial charge in [-0.05, 0) is 30.3 Å². The number of hydrogen-bond acceptors (Lipinski definition) is 11. The van der Waals surface area contributed by atoms with E-state index in [1.807, 2.05) is 4.90 Å². The first-order chi connectivity index (χ1) is 19.9. The molecule has 0 bridgehead atoms. The van der Waals surface area contributed by atoms with E-state index in [0.29, 0.717) is 54.7 Å². The van der Waals surface area contributed by atoms with Gasteiger partial charge in [0.2, 0.25) is 11.8 Å². The molecule has 0 radical (unpaired) electrons. The van der Waals surface area contributed by atoms with Crippen LogP contribution in [0.4, 0.5) is 16.0 Å². The van der Waals surface area contributed by atoms with Crippen LogP contribution in [0.25, 0.3) is 28.3 Å². The number of halogens is 1. The van der Waals surface area contributed by atoms with E-state index >= 15 is 0 Å². The molecule has 1 aromatic carbocycles. The number of fused-ring (bicyclic) bond motifs is 3. The number of carbonyl (C=O) groups is 1. The summed E-state index contributed by atoms with van der Waals surface area (Å²) in [7, 11) is 0. The zero-order chi connectivity index (χ0) is 28.5. The van der Waals surface area contributed by atoms with Gasteiger partial charge in [0, 0.05) is 44.8 Å². The molecule has 5 N–H and O–H groups in total. The number of aromatic nitrogens is 6. The van der Waals surface area contributed by atoms with Crippen LogP contribution in [0.15, 0.2) is 47.2 Å². The van der Waals surface area contributed by atoms with E-state index in [1.165, 1.54) is 10.6 Å². The summed E-state index contributed by atoms with van der Waals surface area (Å²) in [5, 5.41) is 30.4. The number of nitrogens with zero attached hydrogens (tertiary/aromatic N) is 8. The number of anilines is 2. The van der Waals surface area contributed by atoms with Gasteiger partial charge < -0.3 is 30.6 Å². The molecule has 1 atom stereocenters. The van der Waals surface area contributed by atoms with Crippen LogP contribution in [0.2, 0.25) is 0 Å². The van der Waals surface area contributed by atoms with Crippen LogP contribution in [0, 0.1) is 5.82 Å². The zero-order valence-corrected chi connectivity index (χ0v) is 22.0. The standard InChI is InChI=1S/C26H29FN10O4/c27-19-12-16(25(40)29-13-17(39)15-38)3-4-20(19)35-8-5-34(6-9-35)7-10-36-23-18(14-30-36)24-31-22(21-2-1-11-41-21)33-37(24)26(28)32-23/h1-4,11-12,14,17,38-39H,5-10,13,15H2,(H2,28,32)(H,29,40). The number of hydrogen-bond donors (Lipinski definition) is 4. The minimum Gasteiger partial charge on any atom is -0.461 e. The van der Waals surface area contributed by atoms with Crippen molar-refractivity contribution in [2.75, 3.05) is 56.5 Å². The normalized spacial score (nSPS) is 15.1. The lowest BCUT2D eigenvalue weighted by Gasteiger charge is -2.36. The summed E-state index contributed by atoms with van der Waals surface area (Å²) in [5.41, 5.74) is 7.93. The second-order valence-electron chi connectivity index (χ2n) is 9.76.